The minimum atomic E-state index is -3.96. The average Bonchev–Trinajstić information content (AvgIpc) is 2.94. The number of carbonyl (C=O) groups excluding carboxylic acids is 1. The van der Waals surface area contributed by atoms with Gasteiger partial charge in [-0.1, -0.05) is 12.1 Å². The van der Waals surface area contributed by atoms with E-state index in [2.05, 4.69) is 15.2 Å². The molecule has 0 bridgehead atoms. The predicted octanol–water partition coefficient (Wildman–Crippen LogP) is 1.21. The van der Waals surface area contributed by atoms with Gasteiger partial charge in [-0.05, 0) is 24.3 Å². The summed E-state index contributed by atoms with van der Waals surface area (Å²) in [6, 6.07) is 11.7. The van der Waals surface area contributed by atoms with E-state index in [1.807, 2.05) is 24.3 Å². The Kier molecular flexibility index (Phi) is 4.88. The number of ether oxygens (including phenoxy) is 2. The molecule has 4 rings (SSSR count). The van der Waals surface area contributed by atoms with E-state index in [1.54, 1.807) is 4.57 Å². The fourth-order valence-electron chi connectivity index (χ4n) is 2.82. The van der Waals surface area contributed by atoms with E-state index in [-0.39, 0.29) is 11.4 Å². The van der Waals surface area contributed by atoms with E-state index >= 15 is 0 Å². The van der Waals surface area contributed by atoms with E-state index in [9.17, 15) is 13.2 Å². The molecule has 0 saturated heterocycles. The fourth-order valence-corrected chi connectivity index (χ4v) is 3.70. The van der Waals surface area contributed by atoms with Crippen LogP contribution in [-0.4, -0.2) is 37.1 Å². The minimum absolute atomic E-state index is 0.0369. The maximum absolute atomic E-state index is 12.5. The Bertz CT molecular complexity index is 1130. The lowest BCUT2D eigenvalue weighted by Gasteiger charge is -2.12. The third-order valence-electron chi connectivity index (χ3n) is 4.20. The van der Waals surface area contributed by atoms with E-state index in [0.29, 0.717) is 31.1 Å². The molecule has 1 aromatic heterocycles. The molecule has 0 atom stereocenters. The maximum atomic E-state index is 12.5. The second kappa shape index (κ2) is 7.49. The van der Waals surface area contributed by atoms with E-state index < -0.39 is 15.9 Å². The Morgan fingerprint density at radius 3 is 2.75 bits per heavy atom. The summed E-state index contributed by atoms with van der Waals surface area (Å²) in [5.41, 5.74) is 3.75. The van der Waals surface area contributed by atoms with E-state index in [4.69, 9.17) is 9.47 Å². The van der Waals surface area contributed by atoms with Gasteiger partial charge in [0.15, 0.2) is 11.5 Å². The van der Waals surface area contributed by atoms with Crippen molar-refractivity contribution in [2.24, 2.45) is 0 Å². The molecule has 1 aliphatic rings. The number of hydrazine groups is 1. The number of aromatic nitrogens is 2. The van der Waals surface area contributed by atoms with Gasteiger partial charge in [-0.15, -0.1) is 4.83 Å². The summed E-state index contributed by atoms with van der Waals surface area (Å²) in [4.78, 5) is 18.4. The summed E-state index contributed by atoms with van der Waals surface area (Å²) in [6.07, 6.45) is 2.25. The molecule has 0 radical (unpaired) electrons. The lowest BCUT2D eigenvalue weighted by Crippen LogP contribution is -2.43. The van der Waals surface area contributed by atoms with E-state index in [0.717, 1.165) is 11.0 Å². The lowest BCUT2D eigenvalue weighted by molar-refractivity contribution is -0.122. The first-order chi connectivity index (χ1) is 13.5. The molecule has 9 nitrogen and oxygen atoms in total. The number of rotatable bonds is 5. The van der Waals surface area contributed by atoms with Crippen LogP contribution in [0.5, 0.6) is 11.5 Å². The highest BCUT2D eigenvalue weighted by molar-refractivity contribution is 7.89. The molecule has 1 aliphatic heterocycles. The highest BCUT2D eigenvalue weighted by Gasteiger charge is 2.19. The number of benzene rings is 2. The number of imidazole rings is 1. The molecule has 28 heavy (non-hydrogen) atoms. The van der Waals surface area contributed by atoms with Crippen LogP contribution >= 0.6 is 0 Å². The van der Waals surface area contributed by atoms with Crippen molar-refractivity contribution in [2.75, 3.05) is 13.2 Å². The van der Waals surface area contributed by atoms with Crippen LogP contribution < -0.4 is 19.7 Å². The summed E-state index contributed by atoms with van der Waals surface area (Å²) in [7, 11) is -3.96. The van der Waals surface area contributed by atoms with Gasteiger partial charge in [-0.25, -0.2) is 13.4 Å². The standard InChI is InChI=1S/C18H18N4O5S/c23-18(11-22-12-19-14-4-1-2-5-15(14)22)20-21-28(24,25)13-6-7-16-17(10-13)27-9-3-8-26-16/h1-2,4-7,10,12,21H,3,8-9,11H2,(H,20,23). The van der Waals surface area contributed by atoms with Crippen LogP contribution in [0.25, 0.3) is 11.0 Å². The summed E-state index contributed by atoms with van der Waals surface area (Å²) in [5.74, 6) is 0.324. The van der Waals surface area contributed by atoms with Crippen molar-refractivity contribution >= 4 is 27.0 Å². The Morgan fingerprint density at radius 1 is 1.11 bits per heavy atom. The lowest BCUT2D eigenvalue weighted by atomic mass is 10.3. The Balaban J connectivity index is 1.43. The maximum Gasteiger partial charge on any atom is 0.257 e. The molecule has 10 heteroatoms. The molecule has 1 amide bonds. The molecule has 0 aliphatic carbocycles. The molecular weight excluding hydrogens is 384 g/mol. The SMILES string of the molecule is O=C(Cn1cnc2ccccc21)NNS(=O)(=O)c1ccc2c(c1)OCCCO2. The van der Waals surface area contributed by atoms with Crippen LogP contribution in [0.2, 0.25) is 0 Å². The molecule has 146 valence electrons. The van der Waals surface area contributed by atoms with Gasteiger partial charge >= 0.3 is 0 Å². The topological polar surface area (TPSA) is 112 Å². The number of hydrogen-bond acceptors (Lipinski definition) is 6. The molecule has 2 heterocycles. The smallest absolute Gasteiger partial charge is 0.257 e. The van der Waals surface area contributed by atoms with Gasteiger partial charge in [0.05, 0.1) is 35.5 Å². The van der Waals surface area contributed by atoms with Crippen LogP contribution in [0.4, 0.5) is 0 Å². The first-order valence-corrected chi connectivity index (χ1v) is 10.1. The molecule has 2 aromatic carbocycles. The third-order valence-corrected chi connectivity index (χ3v) is 5.44. The van der Waals surface area contributed by atoms with Crippen LogP contribution in [0, 0.1) is 0 Å². The third kappa shape index (κ3) is 3.78. The number of fused-ring (bicyclic) bond motifs is 2. The van der Waals surface area contributed by atoms with E-state index in [1.165, 1.54) is 24.5 Å². The summed E-state index contributed by atoms with van der Waals surface area (Å²) < 4.78 is 37.6. The van der Waals surface area contributed by atoms with Gasteiger partial charge < -0.3 is 14.0 Å². The first kappa shape index (κ1) is 18.3. The first-order valence-electron chi connectivity index (χ1n) is 8.63. The molecule has 0 unspecified atom stereocenters. The molecular formula is C18H18N4O5S. The zero-order valence-electron chi connectivity index (χ0n) is 14.8. The van der Waals surface area contributed by atoms with Crippen LogP contribution in [0.1, 0.15) is 6.42 Å². The number of para-hydroxylation sites is 2. The van der Waals surface area contributed by atoms with Crippen molar-refractivity contribution < 1.29 is 22.7 Å². The zero-order chi connectivity index (χ0) is 19.6. The Labute approximate surface area is 161 Å². The second-order valence-corrected chi connectivity index (χ2v) is 7.86. The van der Waals surface area contributed by atoms with Crippen molar-refractivity contribution in [2.45, 2.75) is 17.9 Å². The van der Waals surface area contributed by atoms with Crippen molar-refractivity contribution in [1.82, 2.24) is 19.8 Å². The number of carbonyl (C=O) groups is 1. The number of sulfonamides is 1. The number of nitrogens with zero attached hydrogens (tertiary/aromatic N) is 2. The highest BCUT2D eigenvalue weighted by atomic mass is 32.2. The van der Waals surface area contributed by atoms with Crippen LogP contribution in [0.3, 0.4) is 0 Å². The van der Waals surface area contributed by atoms with Crippen molar-refractivity contribution in [3.05, 3.63) is 48.8 Å². The van der Waals surface area contributed by atoms with Gasteiger partial charge in [0, 0.05) is 12.5 Å². The highest BCUT2D eigenvalue weighted by Crippen LogP contribution is 2.31. The van der Waals surface area contributed by atoms with Gasteiger partial charge in [-0.2, -0.15) is 0 Å². The monoisotopic (exact) mass is 402 g/mol. The van der Waals surface area contributed by atoms with Crippen molar-refractivity contribution in [3.63, 3.8) is 0 Å². The Hall–Kier alpha value is -3.11. The number of hydrogen-bond donors (Lipinski definition) is 2. The minimum Gasteiger partial charge on any atom is -0.490 e. The van der Waals surface area contributed by atoms with Gasteiger partial charge in [0.25, 0.3) is 15.9 Å². The van der Waals surface area contributed by atoms with Gasteiger partial charge in [-0.3, -0.25) is 10.2 Å². The van der Waals surface area contributed by atoms with Crippen LogP contribution in [0.15, 0.2) is 53.7 Å². The van der Waals surface area contributed by atoms with Crippen molar-refractivity contribution in [3.8, 4) is 11.5 Å². The number of amides is 1. The largest absolute Gasteiger partial charge is 0.490 e. The summed E-state index contributed by atoms with van der Waals surface area (Å²) >= 11 is 0. The number of nitrogens with one attached hydrogen (secondary N) is 2. The van der Waals surface area contributed by atoms with Gasteiger partial charge in [0.1, 0.15) is 6.54 Å². The second-order valence-electron chi connectivity index (χ2n) is 6.17. The molecule has 3 aromatic rings. The summed E-state index contributed by atoms with van der Waals surface area (Å²) in [5, 5.41) is 0. The van der Waals surface area contributed by atoms with Gasteiger partial charge in [0.2, 0.25) is 0 Å². The fraction of sp³-hybridized carbons (Fsp3) is 0.222. The molecule has 0 spiro atoms. The summed E-state index contributed by atoms with van der Waals surface area (Å²) in [6.45, 7) is 0.875. The molecule has 2 N–H and O–H groups in total. The molecule has 0 fully saturated rings. The Morgan fingerprint density at radius 2 is 1.89 bits per heavy atom. The average molecular weight is 402 g/mol. The predicted molar refractivity (Wildman–Crippen MR) is 100 cm³/mol. The quantitative estimate of drug-likeness (QED) is 0.621. The van der Waals surface area contributed by atoms with Crippen LogP contribution in [-0.2, 0) is 21.4 Å². The zero-order valence-corrected chi connectivity index (χ0v) is 15.6. The van der Waals surface area contributed by atoms with Crippen molar-refractivity contribution in [1.29, 1.82) is 0 Å². The molecule has 0 saturated carbocycles. The normalized spacial score (nSPS) is 13.9.